The molecule has 0 aliphatic carbocycles. The van der Waals surface area contributed by atoms with Gasteiger partial charge in [-0.3, -0.25) is 0 Å². The van der Waals surface area contributed by atoms with Crippen LogP contribution in [-0.4, -0.2) is 29.6 Å². The lowest BCUT2D eigenvalue weighted by atomic mass is 10.0. The summed E-state index contributed by atoms with van der Waals surface area (Å²) in [6, 6.07) is 1.59. The Morgan fingerprint density at radius 2 is 1.85 bits per heavy atom. The zero-order valence-corrected chi connectivity index (χ0v) is 11.8. The normalized spacial score (nSPS) is 23.2. The van der Waals surface area contributed by atoms with E-state index in [1.807, 2.05) is 11.8 Å². The van der Waals surface area contributed by atoms with Crippen molar-refractivity contribution in [3.05, 3.63) is 11.9 Å². The number of aromatic nitrogens is 2. The van der Waals surface area contributed by atoms with Crippen LogP contribution in [0.4, 0.5) is 24.8 Å². The van der Waals surface area contributed by atoms with E-state index in [2.05, 4.69) is 29.1 Å². The molecule has 1 aromatic heterocycles. The predicted molar refractivity (Wildman–Crippen MR) is 71.7 cm³/mol. The molecule has 1 aliphatic heterocycles. The van der Waals surface area contributed by atoms with Crippen molar-refractivity contribution in [1.82, 2.24) is 9.97 Å². The molecule has 1 aromatic rings. The van der Waals surface area contributed by atoms with Gasteiger partial charge in [-0.2, -0.15) is 13.2 Å². The number of rotatable bonds is 3. The van der Waals surface area contributed by atoms with Crippen LogP contribution in [0.2, 0.25) is 0 Å². The molecule has 0 aromatic carbocycles. The fourth-order valence-electron chi connectivity index (χ4n) is 2.31. The van der Waals surface area contributed by atoms with Crippen LogP contribution >= 0.6 is 0 Å². The zero-order chi connectivity index (χ0) is 14.9. The summed E-state index contributed by atoms with van der Waals surface area (Å²) in [7, 11) is 0. The number of nitrogens with zero attached hydrogens (tertiary/aromatic N) is 3. The van der Waals surface area contributed by atoms with Crippen LogP contribution in [-0.2, 0) is 6.18 Å². The van der Waals surface area contributed by atoms with Crippen molar-refractivity contribution in [2.45, 2.75) is 26.9 Å². The first-order valence-corrected chi connectivity index (χ1v) is 6.76. The lowest BCUT2D eigenvalue weighted by Crippen LogP contribution is -2.23. The van der Waals surface area contributed by atoms with E-state index in [9.17, 15) is 13.2 Å². The monoisotopic (exact) mass is 288 g/mol. The standard InChI is InChI=1S/C13H19F3N4/c1-4-17-10-5-11(19-12(18-10)13(14,15)16)20-6-8(2)9(3)7-20/h5,8-9H,4,6-7H2,1-3H3,(H,17,18,19). The topological polar surface area (TPSA) is 41.0 Å². The van der Waals surface area contributed by atoms with Gasteiger partial charge in [0.05, 0.1) is 0 Å². The van der Waals surface area contributed by atoms with Gasteiger partial charge in [0.15, 0.2) is 0 Å². The molecule has 2 atom stereocenters. The Hall–Kier alpha value is -1.53. The van der Waals surface area contributed by atoms with E-state index >= 15 is 0 Å². The molecule has 0 amide bonds. The van der Waals surface area contributed by atoms with Crippen molar-refractivity contribution in [2.75, 3.05) is 29.9 Å². The first-order valence-electron chi connectivity index (χ1n) is 6.76. The predicted octanol–water partition coefficient (Wildman–Crippen LogP) is 3.02. The van der Waals surface area contributed by atoms with E-state index in [0.717, 1.165) is 13.1 Å². The van der Waals surface area contributed by atoms with Gasteiger partial charge in [-0.25, -0.2) is 9.97 Å². The highest BCUT2D eigenvalue weighted by atomic mass is 19.4. The number of hydrogen-bond acceptors (Lipinski definition) is 4. The molecule has 0 saturated carbocycles. The van der Waals surface area contributed by atoms with E-state index in [1.165, 1.54) is 0 Å². The highest BCUT2D eigenvalue weighted by Crippen LogP contribution is 2.32. The molecular weight excluding hydrogens is 269 g/mol. The van der Waals surface area contributed by atoms with E-state index in [1.54, 1.807) is 6.07 Å². The van der Waals surface area contributed by atoms with Gasteiger partial charge in [-0.15, -0.1) is 0 Å². The lowest BCUT2D eigenvalue weighted by Gasteiger charge is -2.19. The fraction of sp³-hybridized carbons (Fsp3) is 0.692. The largest absolute Gasteiger partial charge is 0.451 e. The summed E-state index contributed by atoms with van der Waals surface area (Å²) in [5, 5.41) is 2.83. The van der Waals surface area contributed by atoms with Gasteiger partial charge in [0.25, 0.3) is 0 Å². The maximum Gasteiger partial charge on any atom is 0.451 e. The average molecular weight is 288 g/mol. The van der Waals surface area contributed by atoms with Crippen LogP contribution in [0.1, 0.15) is 26.6 Å². The van der Waals surface area contributed by atoms with E-state index in [0.29, 0.717) is 24.2 Å². The quantitative estimate of drug-likeness (QED) is 0.928. The van der Waals surface area contributed by atoms with Gasteiger partial charge in [0.1, 0.15) is 11.6 Å². The molecule has 2 unspecified atom stereocenters. The van der Waals surface area contributed by atoms with Gasteiger partial charge >= 0.3 is 6.18 Å². The summed E-state index contributed by atoms with van der Waals surface area (Å²) >= 11 is 0. The summed E-state index contributed by atoms with van der Waals surface area (Å²) in [5.41, 5.74) is 0. The molecule has 0 bridgehead atoms. The summed E-state index contributed by atoms with van der Waals surface area (Å²) < 4.78 is 38.6. The molecule has 1 N–H and O–H groups in total. The SMILES string of the molecule is CCNc1cc(N2CC(C)C(C)C2)nc(C(F)(F)F)n1. The van der Waals surface area contributed by atoms with Crippen molar-refractivity contribution >= 4 is 11.6 Å². The van der Waals surface area contributed by atoms with Crippen molar-refractivity contribution in [3.63, 3.8) is 0 Å². The lowest BCUT2D eigenvalue weighted by molar-refractivity contribution is -0.144. The Bertz CT molecular complexity index is 465. The van der Waals surface area contributed by atoms with Crippen molar-refractivity contribution in [2.24, 2.45) is 11.8 Å². The van der Waals surface area contributed by atoms with Crippen LogP contribution in [0.25, 0.3) is 0 Å². The highest BCUT2D eigenvalue weighted by molar-refractivity contribution is 5.50. The molecule has 1 fully saturated rings. The van der Waals surface area contributed by atoms with Crippen LogP contribution in [0.5, 0.6) is 0 Å². The Kier molecular flexibility index (Phi) is 4.06. The third kappa shape index (κ3) is 3.13. The Morgan fingerprint density at radius 1 is 1.25 bits per heavy atom. The van der Waals surface area contributed by atoms with Gasteiger partial charge in [-0.05, 0) is 18.8 Å². The third-order valence-corrected chi connectivity index (χ3v) is 3.64. The maximum atomic E-state index is 12.9. The summed E-state index contributed by atoms with van der Waals surface area (Å²) in [5.74, 6) is 0.374. The number of alkyl halides is 3. The van der Waals surface area contributed by atoms with Gasteiger partial charge in [-0.1, -0.05) is 13.8 Å². The molecule has 1 aliphatic rings. The molecule has 2 rings (SSSR count). The molecule has 1 saturated heterocycles. The number of anilines is 2. The van der Waals surface area contributed by atoms with Crippen molar-refractivity contribution in [3.8, 4) is 0 Å². The second kappa shape index (κ2) is 5.46. The molecule has 7 heteroatoms. The highest BCUT2D eigenvalue weighted by Gasteiger charge is 2.36. The molecule has 4 nitrogen and oxygen atoms in total. The smallest absolute Gasteiger partial charge is 0.370 e. The van der Waals surface area contributed by atoms with Gasteiger partial charge < -0.3 is 10.2 Å². The number of nitrogens with one attached hydrogen (secondary N) is 1. The second-order valence-corrected chi connectivity index (χ2v) is 5.32. The van der Waals surface area contributed by atoms with E-state index < -0.39 is 12.0 Å². The molecule has 112 valence electrons. The van der Waals surface area contributed by atoms with Crippen LogP contribution in [0.3, 0.4) is 0 Å². The molecule has 20 heavy (non-hydrogen) atoms. The molecule has 0 radical (unpaired) electrons. The van der Waals surface area contributed by atoms with Crippen LogP contribution in [0, 0.1) is 11.8 Å². The second-order valence-electron chi connectivity index (χ2n) is 5.32. The maximum absolute atomic E-state index is 12.9. The zero-order valence-electron chi connectivity index (χ0n) is 11.8. The summed E-state index contributed by atoms with van der Waals surface area (Å²) in [6.07, 6.45) is -4.53. The molecule has 2 heterocycles. The Labute approximate surface area is 116 Å². The minimum atomic E-state index is -4.53. The number of halogens is 3. The summed E-state index contributed by atoms with van der Waals surface area (Å²) in [6.45, 7) is 7.97. The molecular formula is C13H19F3N4. The first kappa shape index (κ1) is 14.9. The average Bonchev–Trinajstić information content (AvgIpc) is 2.69. The minimum Gasteiger partial charge on any atom is -0.370 e. The Morgan fingerprint density at radius 3 is 2.35 bits per heavy atom. The van der Waals surface area contributed by atoms with Crippen molar-refractivity contribution in [1.29, 1.82) is 0 Å². The van der Waals surface area contributed by atoms with E-state index in [-0.39, 0.29) is 5.82 Å². The van der Waals surface area contributed by atoms with Gasteiger partial charge in [0, 0.05) is 25.7 Å². The first-order chi connectivity index (χ1) is 9.31. The Balaban J connectivity index is 2.35. The number of hydrogen-bond donors (Lipinski definition) is 1. The molecule has 0 spiro atoms. The summed E-state index contributed by atoms with van der Waals surface area (Å²) in [4.78, 5) is 9.11. The fourth-order valence-corrected chi connectivity index (χ4v) is 2.31. The van der Waals surface area contributed by atoms with Crippen LogP contribution < -0.4 is 10.2 Å². The minimum absolute atomic E-state index is 0.219. The van der Waals surface area contributed by atoms with Gasteiger partial charge in [0.2, 0.25) is 5.82 Å². The van der Waals surface area contributed by atoms with Crippen LogP contribution in [0.15, 0.2) is 6.07 Å². The van der Waals surface area contributed by atoms with Crippen molar-refractivity contribution < 1.29 is 13.2 Å². The van der Waals surface area contributed by atoms with E-state index in [4.69, 9.17) is 0 Å². The third-order valence-electron chi connectivity index (χ3n) is 3.64.